The number of rotatable bonds is 3. The summed E-state index contributed by atoms with van der Waals surface area (Å²) in [4.78, 5) is 0. The summed E-state index contributed by atoms with van der Waals surface area (Å²) in [7, 11) is 0. The molecule has 1 heterocycles. The Morgan fingerprint density at radius 3 is 2.44 bits per heavy atom. The molecule has 0 aliphatic heterocycles. The van der Waals surface area contributed by atoms with Crippen LogP contribution in [0.4, 0.5) is 0 Å². The molecule has 0 unspecified atom stereocenters. The van der Waals surface area contributed by atoms with Crippen LogP contribution in [0.15, 0.2) is 48.7 Å². The van der Waals surface area contributed by atoms with Gasteiger partial charge in [0.15, 0.2) is 0 Å². The van der Waals surface area contributed by atoms with Gasteiger partial charge < -0.3 is 4.57 Å². The molecule has 0 saturated heterocycles. The lowest BCUT2D eigenvalue weighted by Gasteiger charge is -2.23. The molecule has 18 heavy (non-hydrogen) atoms. The first-order valence-corrected chi connectivity index (χ1v) is 7.12. The van der Waals surface area contributed by atoms with E-state index in [9.17, 15) is 0 Å². The Morgan fingerprint density at radius 2 is 1.67 bits per heavy atom. The van der Waals surface area contributed by atoms with Gasteiger partial charge in [-0.25, -0.2) is 0 Å². The van der Waals surface area contributed by atoms with E-state index in [1.807, 2.05) is 0 Å². The molecule has 1 saturated carbocycles. The van der Waals surface area contributed by atoms with Crippen molar-refractivity contribution in [3.8, 4) is 0 Å². The van der Waals surface area contributed by atoms with Crippen molar-refractivity contribution in [2.24, 2.45) is 0 Å². The van der Waals surface area contributed by atoms with Gasteiger partial charge in [-0.05, 0) is 36.5 Å². The van der Waals surface area contributed by atoms with Crippen LogP contribution in [-0.2, 0) is 6.54 Å². The lowest BCUT2D eigenvalue weighted by atomic mass is 9.87. The van der Waals surface area contributed by atoms with Gasteiger partial charge >= 0.3 is 0 Å². The molecule has 1 aliphatic rings. The maximum Gasteiger partial charge on any atom is 0.0472 e. The predicted molar refractivity (Wildman–Crippen MR) is 75.8 cm³/mol. The van der Waals surface area contributed by atoms with Gasteiger partial charge in [-0.2, -0.15) is 0 Å². The molecule has 1 nitrogen and oxygen atoms in total. The molecule has 0 spiro atoms. The summed E-state index contributed by atoms with van der Waals surface area (Å²) in [6.45, 7) is 1.01. The molecule has 0 radical (unpaired) electrons. The molecule has 0 atom stereocenters. The van der Waals surface area contributed by atoms with Crippen molar-refractivity contribution in [2.45, 2.75) is 44.6 Å². The first kappa shape index (κ1) is 11.6. The Balaban J connectivity index is 1.78. The van der Waals surface area contributed by atoms with E-state index in [4.69, 9.17) is 0 Å². The van der Waals surface area contributed by atoms with E-state index in [1.54, 1.807) is 5.69 Å². The molecule has 1 heteroatoms. The van der Waals surface area contributed by atoms with Gasteiger partial charge in [0, 0.05) is 18.4 Å². The van der Waals surface area contributed by atoms with Crippen LogP contribution in [0.1, 0.15) is 49.3 Å². The second-order valence-corrected chi connectivity index (χ2v) is 5.38. The van der Waals surface area contributed by atoms with E-state index in [2.05, 4.69) is 53.2 Å². The molecule has 3 rings (SSSR count). The highest BCUT2D eigenvalue weighted by molar-refractivity contribution is 5.19. The molecule has 1 aromatic heterocycles. The van der Waals surface area contributed by atoms with E-state index in [0.29, 0.717) is 0 Å². The number of hydrogen-bond donors (Lipinski definition) is 0. The van der Waals surface area contributed by atoms with Gasteiger partial charge in [0.05, 0.1) is 0 Å². The fourth-order valence-electron chi connectivity index (χ4n) is 3.12. The smallest absolute Gasteiger partial charge is 0.0472 e. The lowest BCUT2D eigenvalue weighted by molar-refractivity contribution is 0.426. The molecule has 2 aromatic rings. The SMILES string of the molecule is c1ccc(Cn2cccc2C2CCCCC2)cc1. The van der Waals surface area contributed by atoms with Crippen molar-refractivity contribution in [1.82, 2.24) is 4.57 Å². The summed E-state index contributed by atoms with van der Waals surface area (Å²) in [6, 6.07) is 15.3. The minimum atomic E-state index is 0.789. The Kier molecular flexibility index (Phi) is 3.49. The lowest BCUT2D eigenvalue weighted by Crippen LogP contribution is -2.11. The Hall–Kier alpha value is -1.50. The first-order valence-electron chi connectivity index (χ1n) is 7.12. The number of hydrogen-bond acceptors (Lipinski definition) is 0. The Labute approximate surface area is 109 Å². The predicted octanol–water partition coefficient (Wildman–Crippen LogP) is 4.58. The molecule has 0 N–H and O–H groups in total. The molecular weight excluding hydrogens is 218 g/mol. The molecule has 94 valence electrons. The van der Waals surface area contributed by atoms with Gasteiger partial charge in [-0.3, -0.25) is 0 Å². The van der Waals surface area contributed by atoms with Gasteiger partial charge in [0.1, 0.15) is 0 Å². The van der Waals surface area contributed by atoms with Crippen LogP contribution in [0.25, 0.3) is 0 Å². The van der Waals surface area contributed by atoms with E-state index in [1.165, 1.54) is 37.7 Å². The molecular formula is C17H21N. The third-order valence-electron chi connectivity index (χ3n) is 4.08. The standard InChI is InChI=1S/C17H21N/c1-3-8-15(9-4-1)14-18-13-7-12-17(18)16-10-5-2-6-11-16/h1,3-4,7-9,12-13,16H,2,5-6,10-11,14H2. The van der Waals surface area contributed by atoms with E-state index in [0.717, 1.165) is 12.5 Å². The van der Waals surface area contributed by atoms with Crippen LogP contribution < -0.4 is 0 Å². The second-order valence-electron chi connectivity index (χ2n) is 5.38. The van der Waals surface area contributed by atoms with Crippen molar-refractivity contribution in [3.63, 3.8) is 0 Å². The zero-order chi connectivity index (χ0) is 12.2. The minimum Gasteiger partial charge on any atom is -0.347 e. The third-order valence-corrected chi connectivity index (χ3v) is 4.08. The zero-order valence-corrected chi connectivity index (χ0v) is 10.9. The zero-order valence-electron chi connectivity index (χ0n) is 10.9. The van der Waals surface area contributed by atoms with Gasteiger partial charge in [-0.15, -0.1) is 0 Å². The average molecular weight is 239 g/mol. The van der Waals surface area contributed by atoms with Crippen molar-refractivity contribution in [1.29, 1.82) is 0 Å². The third kappa shape index (κ3) is 2.50. The average Bonchev–Trinajstić information content (AvgIpc) is 2.89. The summed E-state index contributed by atoms with van der Waals surface area (Å²) >= 11 is 0. The van der Waals surface area contributed by atoms with Gasteiger partial charge in [0.25, 0.3) is 0 Å². The topological polar surface area (TPSA) is 4.93 Å². The molecule has 1 aliphatic carbocycles. The van der Waals surface area contributed by atoms with E-state index >= 15 is 0 Å². The maximum atomic E-state index is 2.44. The van der Waals surface area contributed by atoms with Crippen LogP contribution in [0.5, 0.6) is 0 Å². The summed E-state index contributed by atoms with van der Waals surface area (Å²) in [6.07, 6.45) is 9.22. The highest BCUT2D eigenvalue weighted by Crippen LogP contribution is 2.33. The Morgan fingerprint density at radius 1 is 0.889 bits per heavy atom. The van der Waals surface area contributed by atoms with Crippen molar-refractivity contribution in [3.05, 3.63) is 59.9 Å². The molecule has 0 amide bonds. The van der Waals surface area contributed by atoms with Crippen LogP contribution >= 0.6 is 0 Å². The van der Waals surface area contributed by atoms with Crippen LogP contribution in [0.3, 0.4) is 0 Å². The maximum absolute atomic E-state index is 2.44. The number of aromatic nitrogens is 1. The molecule has 0 bridgehead atoms. The van der Waals surface area contributed by atoms with Crippen molar-refractivity contribution < 1.29 is 0 Å². The summed E-state index contributed by atoms with van der Waals surface area (Å²) in [5.41, 5.74) is 2.93. The number of benzene rings is 1. The molecule has 1 fully saturated rings. The Bertz CT molecular complexity index is 477. The normalized spacial score (nSPS) is 16.9. The fraction of sp³-hybridized carbons (Fsp3) is 0.412. The van der Waals surface area contributed by atoms with Crippen molar-refractivity contribution >= 4 is 0 Å². The van der Waals surface area contributed by atoms with Crippen LogP contribution in [0.2, 0.25) is 0 Å². The summed E-state index contributed by atoms with van der Waals surface area (Å²) < 4.78 is 2.44. The fourth-order valence-corrected chi connectivity index (χ4v) is 3.12. The highest BCUT2D eigenvalue weighted by atomic mass is 15.0. The molecule has 1 aromatic carbocycles. The minimum absolute atomic E-state index is 0.789. The van der Waals surface area contributed by atoms with E-state index < -0.39 is 0 Å². The largest absolute Gasteiger partial charge is 0.347 e. The monoisotopic (exact) mass is 239 g/mol. The van der Waals surface area contributed by atoms with E-state index in [-0.39, 0.29) is 0 Å². The highest BCUT2D eigenvalue weighted by Gasteiger charge is 2.18. The number of nitrogens with zero attached hydrogens (tertiary/aromatic N) is 1. The van der Waals surface area contributed by atoms with Gasteiger partial charge in [0.2, 0.25) is 0 Å². The van der Waals surface area contributed by atoms with Gasteiger partial charge in [-0.1, -0.05) is 49.6 Å². The van der Waals surface area contributed by atoms with Crippen molar-refractivity contribution in [2.75, 3.05) is 0 Å². The van der Waals surface area contributed by atoms with Crippen LogP contribution in [0, 0.1) is 0 Å². The summed E-state index contributed by atoms with van der Waals surface area (Å²) in [5.74, 6) is 0.789. The quantitative estimate of drug-likeness (QED) is 0.738. The van der Waals surface area contributed by atoms with Crippen LogP contribution in [-0.4, -0.2) is 4.57 Å². The summed E-state index contributed by atoms with van der Waals surface area (Å²) in [5, 5.41) is 0. The second kappa shape index (κ2) is 5.43. The first-order chi connectivity index (χ1) is 8.93.